The molecule has 0 atom stereocenters. The highest BCUT2D eigenvalue weighted by atomic mass is 19.4. The van der Waals surface area contributed by atoms with Crippen molar-refractivity contribution in [3.05, 3.63) is 41.6 Å². The number of nitrogens with zero attached hydrogens (tertiary/aromatic N) is 1. The van der Waals surface area contributed by atoms with Crippen LogP contribution in [-0.2, 0) is 6.18 Å². The van der Waals surface area contributed by atoms with Crippen LogP contribution in [0.2, 0.25) is 0 Å². The zero-order valence-electron chi connectivity index (χ0n) is 9.55. The number of halogens is 3. The molecule has 0 amide bonds. The minimum atomic E-state index is -4.42. The van der Waals surface area contributed by atoms with Gasteiger partial charge in [0, 0.05) is 11.3 Å². The van der Waals surface area contributed by atoms with Gasteiger partial charge in [0.1, 0.15) is 0 Å². The molecule has 0 heterocycles. The number of nitrogens with two attached hydrogens (primary N) is 1. The van der Waals surface area contributed by atoms with Crippen LogP contribution in [0.25, 0.3) is 5.70 Å². The van der Waals surface area contributed by atoms with Crippen LogP contribution in [0.5, 0.6) is 0 Å². The molecule has 0 radical (unpaired) electrons. The van der Waals surface area contributed by atoms with Crippen molar-refractivity contribution in [1.29, 1.82) is 0 Å². The van der Waals surface area contributed by atoms with E-state index in [0.29, 0.717) is 0 Å². The van der Waals surface area contributed by atoms with E-state index in [4.69, 9.17) is 5.73 Å². The Morgan fingerprint density at radius 2 is 1.82 bits per heavy atom. The molecule has 0 aromatic heterocycles. The molecule has 1 aromatic carbocycles. The fourth-order valence-corrected chi connectivity index (χ4v) is 1.25. The van der Waals surface area contributed by atoms with Crippen molar-refractivity contribution in [2.45, 2.75) is 20.0 Å². The van der Waals surface area contributed by atoms with Crippen molar-refractivity contribution in [1.82, 2.24) is 0 Å². The molecule has 1 rings (SSSR count). The van der Waals surface area contributed by atoms with Crippen LogP contribution in [0.3, 0.4) is 0 Å². The molecule has 1 aromatic rings. The third-order valence-corrected chi connectivity index (χ3v) is 2.01. The third-order valence-electron chi connectivity index (χ3n) is 2.01. The van der Waals surface area contributed by atoms with Crippen LogP contribution in [0.1, 0.15) is 25.0 Å². The van der Waals surface area contributed by atoms with Crippen molar-refractivity contribution in [3.63, 3.8) is 0 Å². The first-order valence-electron chi connectivity index (χ1n) is 4.95. The van der Waals surface area contributed by atoms with E-state index in [1.54, 1.807) is 13.8 Å². The van der Waals surface area contributed by atoms with Gasteiger partial charge in [-0.1, -0.05) is 18.2 Å². The molecule has 0 aliphatic rings. The lowest BCUT2D eigenvalue weighted by molar-refractivity contribution is -0.137. The summed E-state index contributed by atoms with van der Waals surface area (Å²) in [6.45, 7) is 3.47. The molecule has 2 nitrogen and oxygen atoms in total. The summed E-state index contributed by atoms with van der Waals surface area (Å²) in [6.07, 6.45) is -3.18. The number of hydrogen-bond acceptors (Lipinski definition) is 2. The Morgan fingerprint density at radius 3 is 2.35 bits per heavy atom. The van der Waals surface area contributed by atoms with Gasteiger partial charge in [0.25, 0.3) is 0 Å². The fourth-order valence-electron chi connectivity index (χ4n) is 1.25. The molecule has 0 spiro atoms. The van der Waals surface area contributed by atoms with Gasteiger partial charge in [-0.3, -0.25) is 4.99 Å². The lowest BCUT2D eigenvalue weighted by atomic mass is 10.0. The number of hydrogen-bond donors (Lipinski definition) is 1. The monoisotopic (exact) mass is 242 g/mol. The smallest absolute Gasteiger partial charge is 0.397 e. The van der Waals surface area contributed by atoms with Gasteiger partial charge in [-0.15, -0.1) is 0 Å². The van der Waals surface area contributed by atoms with Gasteiger partial charge in [0.05, 0.1) is 17.5 Å². The van der Waals surface area contributed by atoms with Crippen molar-refractivity contribution in [2.75, 3.05) is 0 Å². The molecule has 0 aliphatic carbocycles. The highest BCUT2D eigenvalue weighted by molar-refractivity contribution is 5.80. The second kappa shape index (κ2) is 5.03. The van der Waals surface area contributed by atoms with Crippen LogP contribution in [0.4, 0.5) is 13.2 Å². The van der Waals surface area contributed by atoms with Crippen LogP contribution >= 0.6 is 0 Å². The topological polar surface area (TPSA) is 38.4 Å². The van der Waals surface area contributed by atoms with Crippen LogP contribution < -0.4 is 5.73 Å². The van der Waals surface area contributed by atoms with E-state index in [2.05, 4.69) is 4.99 Å². The molecule has 0 aliphatic heterocycles. The summed E-state index contributed by atoms with van der Waals surface area (Å²) in [5.74, 6) is 0. The first kappa shape index (κ1) is 13.3. The SMILES string of the molecule is CC(C)=N/C=C(\N)c1ccccc1C(F)(F)F. The number of alkyl halides is 3. The molecule has 0 bridgehead atoms. The normalized spacial score (nSPS) is 12.4. The van der Waals surface area contributed by atoms with Crippen molar-refractivity contribution in [3.8, 4) is 0 Å². The van der Waals surface area contributed by atoms with Crippen LogP contribution in [0, 0.1) is 0 Å². The van der Waals surface area contributed by atoms with Gasteiger partial charge in [-0.05, 0) is 19.9 Å². The molecule has 17 heavy (non-hydrogen) atoms. The largest absolute Gasteiger partial charge is 0.417 e. The van der Waals surface area contributed by atoms with Gasteiger partial charge < -0.3 is 5.73 Å². The first-order valence-corrected chi connectivity index (χ1v) is 4.95. The minimum absolute atomic E-state index is 0.000810. The maximum atomic E-state index is 12.7. The van der Waals surface area contributed by atoms with Gasteiger partial charge in [-0.25, -0.2) is 0 Å². The van der Waals surface area contributed by atoms with Crippen molar-refractivity contribution < 1.29 is 13.2 Å². The Morgan fingerprint density at radius 1 is 1.24 bits per heavy atom. The summed E-state index contributed by atoms with van der Waals surface area (Å²) >= 11 is 0. The van der Waals surface area contributed by atoms with E-state index < -0.39 is 11.7 Å². The van der Waals surface area contributed by atoms with Gasteiger partial charge >= 0.3 is 6.18 Å². The molecule has 0 fully saturated rings. The Kier molecular flexibility index (Phi) is 3.93. The number of aliphatic imine (C=N–C) groups is 1. The van der Waals surface area contributed by atoms with E-state index >= 15 is 0 Å². The zero-order valence-corrected chi connectivity index (χ0v) is 9.55. The summed E-state index contributed by atoms with van der Waals surface area (Å²) in [5, 5.41) is 0. The number of benzene rings is 1. The van der Waals surface area contributed by atoms with E-state index in [1.165, 1.54) is 24.4 Å². The van der Waals surface area contributed by atoms with Gasteiger partial charge in [-0.2, -0.15) is 13.2 Å². The average molecular weight is 242 g/mol. The maximum absolute atomic E-state index is 12.7. The predicted octanol–water partition coefficient (Wildman–Crippen LogP) is 3.44. The average Bonchev–Trinajstić information content (AvgIpc) is 2.24. The second-order valence-corrected chi connectivity index (χ2v) is 3.70. The van der Waals surface area contributed by atoms with Gasteiger partial charge in [0.15, 0.2) is 0 Å². The molecule has 2 N–H and O–H groups in total. The first-order chi connectivity index (χ1) is 7.82. The lowest BCUT2D eigenvalue weighted by Crippen LogP contribution is -2.11. The summed E-state index contributed by atoms with van der Waals surface area (Å²) in [4.78, 5) is 3.89. The van der Waals surface area contributed by atoms with Crippen molar-refractivity contribution >= 4 is 11.4 Å². The van der Waals surface area contributed by atoms with E-state index in [-0.39, 0.29) is 11.3 Å². The highest BCUT2D eigenvalue weighted by Gasteiger charge is 2.33. The molecular formula is C12H13F3N2. The Balaban J connectivity index is 3.23. The maximum Gasteiger partial charge on any atom is 0.417 e. The Hall–Kier alpha value is -1.78. The van der Waals surface area contributed by atoms with Crippen LogP contribution in [-0.4, -0.2) is 5.71 Å². The Labute approximate surface area is 97.7 Å². The standard InChI is InChI=1S/C12H13F3N2/c1-8(2)17-7-11(16)9-5-3-4-6-10(9)12(13,14)15/h3-7H,16H2,1-2H3/b11-7-. The predicted molar refractivity (Wildman–Crippen MR) is 62.4 cm³/mol. The molecule has 92 valence electrons. The molecule has 0 saturated carbocycles. The van der Waals surface area contributed by atoms with Gasteiger partial charge in [0.2, 0.25) is 0 Å². The summed E-state index contributed by atoms with van der Waals surface area (Å²) in [5.41, 5.74) is 5.51. The molecular weight excluding hydrogens is 229 g/mol. The van der Waals surface area contributed by atoms with Crippen molar-refractivity contribution in [2.24, 2.45) is 10.7 Å². The Bertz CT molecular complexity index is 455. The highest BCUT2D eigenvalue weighted by Crippen LogP contribution is 2.33. The third kappa shape index (κ3) is 3.62. The number of rotatable bonds is 2. The summed E-state index contributed by atoms with van der Waals surface area (Å²) in [7, 11) is 0. The zero-order chi connectivity index (χ0) is 13.1. The second-order valence-electron chi connectivity index (χ2n) is 3.70. The van der Waals surface area contributed by atoms with E-state index in [9.17, 15) is 13.2 Å². The quantitative estimate of drug-likeness (QED) is 0.792. The van der Waals surface area contributed by atoms with Crippen LogP contribution in [0.15, 0.2) is 35.5 Å². The summed E-state index contributed by atoms with van der Waals surface area (Å²) in [6, 6.07) is 5.16. The fraction of sp³-hybridized carbons (Fsp3) is 0.250. The molecule has 0 unspecified atom stereocenters. The van der Waals surface area contributed by atoms with E-state index in [0.717, 1.165) is 11.8 Å². The van der Waals surface area contributed by atoms with E-state index in [1.807, 2.05) is 0 Å². The lowest BCUT2D eigenvalue weighted by Gasteiger charge is -2.12. The summed E-state index contributed by atoms with van der Waals surface area (Å²) < 4.78 is 38.1. The molecule has 5 heteroatoms. The molecule has 0 saturated heterocycles. The minimum Gasteiger partial charge on any atom is -0.397 e.